The molecule has 3 heteroatoms. The number of fused-ring (bicyclic) bond motifs is 5. The summed E-state index contributed by atoms with van der Waals surface area (Å²) in [4.78, 5) is 0. The lowest BCUT2D eigenvalue weighted by Gasteiger charge is -2.35. The van der Waals surface area contributed by atoms with Crippen LogP contribution in [0.1, 0.15) is 37.5 Å². The van der Waals surface area contributed by atoms with Gasteiger partial charge >= 0.3 is 0 Å². The van der Waals surface area contributed by atoms with E-state index in [0.29, 0.717) is 5.75 Å². The van der Waals surface area contributed by atoms with Crippen molar-refractivity contribution in [3.63, 3.8) is 0 Å². The van der Waals surface area contributed by atoms with Crippen LogP contribution in [0.5, 0.6) is 5.75 Å². The Morgan fingerprint density at radius 1 is 0.931 bits per heavy atom. The van der Waals surface area contributed by atoms with Crippen LogP contribution in [0.15, 0.2) is 66.7 Å². The van der Waals surface area contributed by atoms with Gasteiger partial charge < -0.3 is 10.1 Å². The van der Waals surface area contributed by atoms with Crippen LogP contribution in [0.2, 0.25) is 0 Å². The van der Waals surface area contributed by atoms with Crippen LogP contribution < -0.4 is 10.1 Å². The van der Waals surface area contributed by atoms with Gasteiger partial charge in [-0.3, -0.25) is 0 Å². The van der Waals surface area contributed by atoms with Crippen LogP contribution in [0.4, 0.5) is 10.1 Å². The summed E-state index contributed by atoms with van der Waals surface area (Å²) in [5, 5.41) is 3.62. The second kappa shape index (κ2) is 6.35. The Kier molecular flexibility index (Phi) is 3.88. The molecule has 0 aromatic heterocycles. The molecular weight excluding hydrogens is 361 g/mol. The lowest BCUT2D eigenvalue weighted by Crippen LogP contribution is -2.32. The molecule has 0 amide bonds. The maximum Gasteiger partial charge on any atom is 0.138 e. The summed E-state index contributed by atoms with van der Waals surface area (Å²) in [7, 11) is 0. The number of halogens is 1. The molecule has 0 spiro atoms. The summed E-state index contributed by atoms with van der Waals surface area (Å²) >= 11 is 0. The fourth-order valence-electron chi connectivity index (χ4n) is 4.37. The molecule has 3 aromatic rings. The van der Waals surface area contributed by atoms with Gasteiger partial charge in [-0.1, -0.05) is 42.5 Å². The molecule has 0 atom stereocenters. The number of rotatable bonds is 1. The smallest absolute Gasteiger partial charge is 0.138 e. The molecule has 0 unspecified atom stereocenters. The zero-order valence-corrected chi connectivity index (χ0v) is 16.7. The van der Waals surface area contributed by atoms with E-state index in [1.165, 1.54) is 17.7 Å². The second-order valence-electron chi connectivity index (χ2n) is 8.25. The molecule has 1 N–H and O–H groups in total. The molecule has 0 bridgehead atoms. The molecule has 2 nitrogen and oxygen atoms in total. The molecule has 0 radical (unpaired) electrons. The lowest BCUT2D eigenvalue weighted by atomic mass is 9.83. The number of ether oxygens (including phenoxy) is 1. The number of nitrogens with one attached hydrogen (secondary N) is 1. The molecule has 2 heterocycles. The molecule has 5 rings (SSSR count). The third-order valence-electron chi connectivity index (χ3n) is 5.43. The number of benzene rings is 3. The van der Waals surface area contributed by atoms with Gasteiger partial charge in [0.1, 0.15) is 17.3 Å². The summed E-state index contributed by atoms with van der Waals surface area (Å²) in [5.41, 5.74) is 7.35. The van der Waals surface area contributed by atoms with Gasteiger partial charge in [0.2, 0.25) is 0 Å². The van der Waals surface area contributed by atoms with E-state index in [0.717, 1.165) is 39.3 Å². The summed E-state index contributed by atoms with van der Waals surface area (Å²) in [6.45, 7) is 6.46. The van der Waals surface area contributed by atoms with E-state index < -0.39 is 0 Å². The van der Waals surface area contributed by atoms with Crippen molar-refractivity contribution in [1.82, 2.24) is 0 Å². The maximum absolute atomic E-state index is 13.9. The first-order chi connectivity index (χ1) is 13.9. The van der Waals surface area contributed by atoms with Gasteiger partial charge in [-0.25, -0.2) is 4.39 Å². The quantitative estimate of drug-likeness (QED) is 0.489. The molecule has 2 aliphatic heterocycles. The first-order valence-corrected chi connectivity index (χ1v) is 9.81. The van der Waals surface area contributed by atoms with Crippen molar-refractivity contribution in [3.05, 3.63) is 89.2 Å². The van der Waals surface area contributed by atoms with Gasteiger partial charge in [-0.05, 0) is 61.7 Å². The van der Waals surface area contributed by atoms with Crippen LogP contribution in [-0.2, 0) is 0 Å². The Morgan fingerprint density at radius 3 is 2.48 bits per heavy atom. The SMILES string of the molecule is CC1=CC(C)(C)Nc2ccc3c(c21)C(=Cc1ccccc1)Oc1cc(F)ccc1-3. The Bertz CT molecular complexity index is 1190. The average Bonchev–Trinajstić information content (AvgIpc) is 2.67. The maximum atomic E-state index is 13.9. The summed E-state index contributed by atoms with van der Waals surface area (Å²) in [6.07, 6.45) is 4.27. The molecule has 2 aliphatic rings. The number of anilines is 1. The van der Waals surface area contributed by atoms with E-state index in [4.69, 9.17) is 4.74 Å². The van der Waals surface area contributed by atoms with E-state index >= 15 is 0 Å². The van der Waals surface area contributed by atoms with Crippen molar-refractivity contribution < 1.29 is 9.13 Å². The van der Waals surface area contributed by atoms with Gasteiger partial charge in [0.15, 0.2) is 0 Å². The van der Waals surface area contributed by atoms with Crippen molar-refractivity contribution in [2.75, 3.05) is 5.32 Å². The number of allylic oxidation sites excluding steroid dienone is 1. The highest BCUT2D eigenvalue weighted by molar-refractivity contribution is 6.00. The van der Waals surface area contributed by atoms with Crippen LogP contribution in [0.3, 0.4) is 0 Å². The average molecular weight is 383 g/mol. The standard InChI is InChI=1S/C26H22FNO/c1-16-15-26(2,3)28-21-12-11-20-19-10-9-18(27)14-22(19)29-23(25(20)24(16)21)13-17-7-5-4-6-8-17/h4-15,28H,1-3H3. The number of hydrogen-bond donors (Lipinski definition) is 1. The van der Waals surface area contributed by atoms with Crippen molar-refractivity contribution in [2.45, 2.75) is 26.3 Å². The summed E-state index contributed by atoms with van der Waals surface area (Å²) in [6, 6.07) is 19.0. The summed E-state index contributed by atoms with van der Waals surface area (Å²) in [5.74, 6) is 0.976. The molecule has 144 valence electrons. The van der Waals surface area contributed by atoms with E-state index in [9.17, 15) is 4.39 Å². The molecular formula is C26H22FNO. The normalized spacial score (nSPS) is 17.4. The largest absolute Gasteiger partial charge is 0.456 e. The Morgan fingerprint density at radius 2 is 1.69 bits per heavy atom. The highest BCUT2D eigenvalue weighted by Gasteiger charge is 2.31. The minimum Gasteiger partial charge on any atom is -0.456 e. The molecule has 29 heavy (non-hydrogen) atoms. The minimum atomic E-state index is -0.302. The van der Waals surface area contributed by atoms with Gasteiger partial charge in [0.05, 0.1) is 5.54 Å². The number of hydrogen-bond acceptors (Lipinski definition) is 2. The first-order valence-electron chi connectivity index (χ1n) is 9.81. The topological polar surface area (TPSA) is 21.3 Å². The third kappa shape index (κ3) is 3.03. The lowest BCUT2D eigenvalue weighted by molar-refractivity contribution is 0.506. The predicted octanol–water partition coefficient (Wildman–Crippen LogP) is 6.99. The monoisotopic (exact) mass is 383 g/mol. The second-order valence-corrected chi connectivity index (χ2v) is 8.25. The minimum absolute atomic E-state index is 0.120. The van der Waals surface area contributed by atoms with Gasteiger partial charge in [-0.15, -0.1) is 0 Å². The fraction of sp³-hybridized carbons (Fsp3) is 0.154. The highest BCUT2D eigenvalue weighted by Crippen LogP contribution is 2.49. The molecule has 0 saturated heterocycles. The van der Waals surface area contributed by atoms with Crippen molar-refractivity contribution >= 4 is 23.1 Å². The van der Waals surface area contributed by atoms with Gasteiger partial charge in [0, 0.05) is 28.4 Å². The van der Waals surface area contributed by atoms with Crippen LogP contribution in [0, 0.1) is 5.82 Å². The Balaban J connectivity index is 1.81. The van der Waals surface area contributed by atoms with E-state index in [1.807, 2.05) is 36.4 Å². The van der Waals surface area contributed by atoms with Gasteiger partial charge in [-0.2, -0.15) is 0 Å². The molecule has 3 aromatic carbocycles. The first kappa shape index (κ1) is 17.7. The Labute approximate surface area is 170 Å². The fourth-order valence-corrected chi connectivity index (χ4v) is 4.37. The zero-order chi connectivity index (χ0) is 20.2. The van der Waals surface area contributed by atoms with E-state index in [-0.39, 0.29) is 11.4 Å². The van der Waals surface area contributed by atoms with Crippen LogP contribution in [0.25, 0.3) is 28.5 Å². The Hall–Kier alpha value is -3.33. The summed E-state index contributed by atoms with van der Waals surface area (Å²) < 4.78 is 20.2. The van der Waals surface area contributed by atoms with Gasteiger partial charge in [0.25, 0.3) is 0 Å². The van der Waals surface area contributed by atoms with Crippen molar-refractivity contribution in [1.29, 1.82) is 0 Å². The van der Waals surface area contributed by atoms with Crippen molar-refractivity contribution in [3.8, 4) is 16.9 Å². The zero-order valence-electron chi connectivity index (χ0n) is 16.7. The van der Waals surface area contributed by atoms with E-state index in [2.05, 4.69) is 44.3 Å². The molecule has 0 saturated carbocycles. The molecule has 0 fully saturated rings. The predicted molar refractivity (Wildman–Crippen MR) is 118 cm³/mol. The van der Waals surface area contributed by atoms with Crippen LogP contribution >= 0.6 is 0 Å². The van der Waals surface area contributed by atoms with Crippen molar-refractivity contribution in [2.24, 2.45) is 0 Å². The highest BCUT2D eigenvalue weighted by atomic mass is 19.1. The third-order valence-corrected chi connectivity index (χ3v) is 5.43. The van der Waals surface area contributed by atoms with Crippen LogP contribution in [-0.4, -0.2) is 5.54 Å². The molecule has 0 aliphatic carbocycles. The van der Waals surface area contributed by atoms with E-state index in [1.54, 1.807) is 6.07 Å².